The van der Waals surface area contributed by atoms with Crippen molar-refractivity contribution in [3.63, 3.8) is 0 Å². The molecule has 1 aliphatic rings. The van der Waals surface area contributed by atoms with Crippen LogP contribution in [0.2, 0.25) is 0 Å². The van der Waals surface area contributed by atoms with E-state index >= 15 is 0 Å². The molecule has 0 aliphatic carbocycles. The van der Waals surface area contributed by atoms with Crippen molar-refractivity contribution >= 4 is 21.8 Å². The second kappa shape index (κ2) is 5.46. The van der Waals surface area contributed by atoms with Crippen LogP contribution in [0, 0.1) is 0 Å². The lowest BCUT2D eigenvalue weighted by molar-refractivity contribution is 0.554. The van der Waals surface area contributed by atoms with Crippen LogP contribution < -0.4 is 16.2 Å². The molecule has 0 spiro atoms. The lowest BCUT2D eigenvalue weighted by Crippen LogP contribution is -2.26. The molecule has 24 heavy (non-hydrogen) atoms. The second-order valence-electron chi connectivity index (χ2n) is 6.21. The van der Waals surface area contributed by atoms with Crippen LogP contribution in [-0.4, -0.2) is 4.98 Å². The van der Waals surface area contributed by atoms with Crippen LogP contribution in [0.4, 0.5) is 0 Å². The van der Waals surface area contributed by atoms with E-state index in [-0.39, 0.29) is 12.3 Å². The average molecular weight is 314 g/mol. The summed E-state index contributed by atoms with van der Waals surface area (Å²) in [6.45, 7) is 0. The Kier molecular flexibility index (Phi) is 3.13. The van der Waals surface area contributed by atoms with E-state index in [1.807, 2.05) is 6.07 Å². The Morgan fingerprint density at radius 1 is 0.583 bits per heavy atom. The van der Waals surface area contributed by atoms with Crippen molar-refractivity contribution in [1.29, 1.82) is 0 Å². The van der Waals surface area contributed by atoms with Crippen LogP contribution in [0.25, 0.3) is 21.8 Å². The number of hydrogen-bond acceptors (Lipinski definition) is 3. The molecule has 2 atom stereocenters. The van der Waals surface area contributed by atoms with Gasteiger partial charge < -0.3 is 4.98 Å². The number of hydrazine groups is 1. The smallest absolute Gasteiger partial charge is 0.0979 e. The molecule has 0 saturated carbocycles. The van der Waals surface area contributed by atoms with Gasteiger partial charge in [-0.05, 0) is 23.3 Å². The van der Waals surface area contributed by atoms with Gasteiger partial charge in [-0.1, -0.05) is 60.7 Å². The molecule has 1 aromatic heterocycles. The number of nitrogens with one attached hydrogen (secondary N) is 4. The third-order valence-electron chi connectivity index (χ3n) is 4.70. The normalized spacial score (nSPS) is 20.8. The zero-order valence-electron chi connectivity index (χ0n) is 13.1. The van der Waals surface area contributed by atoms with Crippen molar-refractivity contribution in [2.45, 2.75) is 12.3 Å². The maximum atomic E-state index is 3.59. The van der Waals surface area contributed by atoms with E-state index in [1.165, 1.54) is 32.9 Å². The molecule has 2 heterocycles. The molecule has 0 amide bonds. The van der Waals surface area contributed by atoms with Gasteiger partial charge in [-0.3, -0.25) is 5.32 Å². The molecule has 2 unspecified atom stereocenters. The van der Waals surface area contributed by atoms with E-state index in [2.05, 4.69) is 87.9 Å². The van der Waals surface area contributed by atoms with Crippen molar-refractivity contribution in [3.8, 4) is 0 Å². The Morgan fingerprint density at radius 3 is 2.17 bits per heavy atom. The van der Waals surface area contributed by atoms with E-state index in [4.69, 9.17) is 0 Å². The number of benzene rings is 3. The van der Waals surface area contributed by atoms with Crippen LogP contribution in [0.3, 0.4) is 0 Å². The summed E-state index contributed by atoms with van der Waals surface area (Å²) in [5, 5.41) is 6.12. The number of rotatable bonds is 2. The first-order chi connectivity index (χ1) is 11.9. The van der Waals surface area contributed by atoms with Crippen LogP contribution in [0.15, 0.2) is 72.8 Å². The molecule has 5 rings (SSSR count). The third kappa shape index (κ3) is 2.20. The van der Waals surface area contributed by atoms with Gasteiger partial charge in [0, 0.05) is 21.8 Å². The van der Waals surface area contributed by atoms with Crippen LogP contribution in [0.1, 0.15) is 23.5 Å². The van der Waals surface area contributed by atoms with Crippen molar-refractivity contribution in [2.24, 2.45) is 0 Å². The fourth-order valence-corrected chi connectivity index (χ4v) is 3.47. The third-order valence-corrected chi connectivity index (χ3v) is 4.70. The molecule has 4 aromatic rings. The number of aromatic nitrogens is 1. The highest BCUT2D eigenvalue weighted by molar-refractivity contribution is 6.07. The number of aromatic amines is 1. The lowest BCUT2D eigenvalue weighted by Gasteiger charge is -2.13. The van der Waals surface area contributed by atoms with Gasteiger partial charge in [0.05, 0.1) is 12.3 Å². The fraction of sp³-hybridized carbons (Fsp3) is 0.100. The number of hydrogen-bond donors (Lipinski definition) is 4. The highest BCUT2D eigenvalue weighted by atomic mass is 15.5. The minimum absolute atomic E-state index is 0.0750. The monoisotopic (exact) mass is 314 g/mol. The van der Waals surface area contributed by atoms with Gasteiger partial charge >= 0.3 is 0 Å². The van der Waals surface area contributed by atoms with Crippen LogP contribution in [0.5, 0.6) is 0 Å². The van der Waals surface area contributed by atoms with Gasteiger partial charge in [0.1, 0.15) is 0 Å². The molecule has 4 nitrogen and oxygen atoms in total. The van der Waals surface area contributed by atoms with Gasteiger partial charge in [0.2, 0.25) is 0 Å². The Labute approximate surface area is 139 Å². The molecule has 4 N–H and O–H groups in total. The van der Waals surface area contributed by atoms with Crippen molar-refractivity contribution in [1.82, 2.24) is 21.2 Å². The molecular formula is C20H18N4. The molecule has 0 bridgehead atoms. The molecular weight excluding hydrogens is 296 g/mol. The Hall–Kier alpha value is -2.66. The van der Waals surface area contributed by atoms with Crippen molar-refractivity contribution in [3.05, 3.63) is 83.9 Å². The molecule has 0 radical (unpaired) electrons. The Morgan fingerprint density at radius 2 is 1.29 bits per heavy atom. The van der Waals surface area contributed by atoms with Crippen molar-refractivity contribution < 1.29 is 0 Å². The maximum Gasteiger partial charge on any atom is 0.0979 e. The highest BCUT2D eigenvalue weighted by Gasteiger charge is 2.25. The van der Waals surface area contributed by atoms with Gasteiger partial charge in [0.15, 0.2) is 0 Å². The van der Waals surface area contributed by atoms with Crippen LogP contribution in [-0.2, 0) is 0 Å². The molecule has 1 aliphatic heterocycles. The number of para-hydroxylation sites is 1. The second-order valence-corrected chi connectivity index (χ2v) is 6.21. The van der Waals surface area contributed by atoms with E-state index in [0.29, 0.717) is 0 Å². The first-order valence-electron chi connectivity index (χ1n) is 8.21. The molecule has 1 saturated heterocycles. The predicted molar refractivity (Wildman–Crippen MR) is 97.1 cm³/mol. The first kappa shape index (κ1) is 13.7. The Balaban J connectivity index is 1.48. The quantitative estimate of drug-likeness (QED) is 0.456. The largest absolute Gasteiger partial charge is 0.355 e. The minimum Gasteiger partial charge on any atom is -0.355 e. The van der Waals surface area contributed by atoms with Gasteiger partial charge in [-0.25, -0.2) is 10.9 Å². The summed E-state index contributed by atoms with van der Waals surface area (Å²) < 4.78 is 0. The summed E-state index contributed by atoms with van der Waals surface area (Å²) in [5.74, 6) is 0. The number of fused-ring (bicyclic) bond motifs is 3. The molecule has 1 fully saturated rings. The van der Waals surface area contributed by atoms with Crippen LogP contribution >= 0.6 is 0 Å². The Bertz CT molecular complexity index is 1010. The summed E-state index contributed by atoms with van der Waals surface area (Å²) in [7, 11) is 0. The summed E-state index contributed by atoms with van der Waals surface area (Å²) in [6.07, 6.45) is 0.181. The SMILES string of the molecule is c1ccc(C2NNC(c3ccc4c(c3)[nH]c3ccccc34)N2)cc1. The molecule has 3 aromatic carbocycles. The van der Waals surface area contributed by atoms with Gasteiger partial charge in [-0.2, -0.15) is 0 Å². The van der Waals surface area contributed by atoms with Gasteiger partial charge in [0.25, 0.3) is 0 Å². The highest BCUT2D eigenvalue weighted by Crippen LogP contribution is 2.28. The average Bonchev–Trinajstić information content (AvgIpc) is 3.27. The topological polar surface area (TPSA) is 51.9 Å². The van der Waals surface area contributed by atoms with E-state index in [1.54, 1.807) is 0 Å². The summed E-state index contributed by atoms with van der Waals surface area (Å²) in [5.41, 5.74) is 11.4. The predicted octanol–water partition coefficient (Wildman–Crippen LogP) is 3.72. The van der Waals surface area contributed by atoms with E-state index in [0.717, 1.165) is 0 Å². The summed E-state index contributed by atoms with van der Waals surface area (Å²) >= 11 is 0. The maximum absolute atomic E-state index is 3.59. The summed E-state index contributed by atoms with van der Waals surface area (Å²) in [6, 6.07) is 25.4. The van der Waals surface area contributed by atoms with Gasteiger partial charge in [-0.15, -0.1) is 0 Å². The molecule has 4 heteroatoms. The van der Waals surface area contributed by atoms with E-state index < -0.39 is 0 Å². The summed E-state index contributed by atoms with van der Waals surface area (Å²) in [4.78, 5) is 3.51. The lowest BCUT2D eigenvalue weighted by atomic mass is 10.1. The standard InChI is InChI=1S/C20H18N4/c1-2-6-13(7-3-1)19-22-20(24-23-19)14-10-11-16-15-8-4-5-9-17(15)21-18(16)12-14/h1-12,19-24H. The fourth-order valence-electron chi connectivity index (χ4n) is 3.47. The van der Waals surface area contributed by atoms with Crippen molar-refractivity contribution in [2.75, 3.05) is 0 Å². The zero-order chi connectivity index (χ0) is 15.9. The minimum atomic E-state index is 0.0750. The van der Waals surface area contributed by atoms with E-state index in [9.17, 15) is 0 Å². The zero-order valence-corrected chi connectivity index (χ0v) is 13.1. The molecule has 118 valence electrons. The first-order valence-corrected chi connectivity index (χ1v) is 8.21. The number of H-pyrrole nitrogens is 1.